The third kappa shape index (κ3) is 5.11. The Kier molecular flexibility index (Phi) is 4.85. The van der Waals surface area contributed by atoms with Crippen molar-refractivity contribution in [2.45, 2.75) is 13.8 Å². The van der Waals surface area contributed by atoms with Crippen molar-refractivity contribution in [3.05, 3.63) is 54.6 Å². The van der Waals surface area contributed by atoms with Gasteiger partial charge >= 0.3 is 0 Å². The molecule has 0 fully saturated rings. The molecule has 0 unspecified atom stereocenters. The molecule has 0 saturated carbocycles. The maximum absolute atomic E-state index is 11.8. The highest BCUT2D eigenvalue weighted by atomic mass is 32.2. The zero-order valence-electron chi connectivity index (χ0n) is 12.1. The maximum atomic E-state index is 11.8. The molecular weight excluding hydrogens is 286 g/mol. The predicted octanol–water partition coefficient (Wildman–Crippen LogP) is 3.88. The van der Waals surface area contributed by atoms with Crippen LogP contribution in [0.15, 0.2) is 54.6 Å². The van der Waals surface area contributed by atoms with Gasteiger partial charge < -0.3 is 4.74 Å². The number of anilines is 1. The first kappa shape index (κ1) is 15.4. The van der Waals surface area contributed by atoms with Gasteiger partial charge in [0.1, 0.15) is 11.5 Å². The summed E-state index contributed by atoms with van der Waals surface area (Å²) in [5, 5.41) is 0. The molecule has 0 spiro atoms. The SMILES string of the molecule is CC(C)CS(=O)(=O)Nc1ccc(Oc2ccccc2)cc1. The first-order valence-electron chi connectivity index (χ1n) is 6.78. The average Bonchev–Trinajstić information content (AvgIpc) is 2.40. The molecule has 112 valence electrons. The Morgan fingerprint density at radius 2 is 1.52 bits per heavy atom. The Bertz CT molecular complexity index is 664. The van der Waals surface area contributed by atoms with E-state index < -0.39 is 10.0 Å². The molecule has 2 aromatic carbocycles. The van der Waals surface area contributed by atoms with Crippen LogP contribution in [-0.2, 0) is 10.0 Å². The highest BCUT2D eigenvalue weighted by Crippen LogP contribution is 2.23. The summed E-state index contributed by atoms with van der Waals surface area (Å²) in [6, 6.07) is 16.3. The molecule has 0 aliphatic carbocycles. The van der Waals surface area contributed by atoms with Crippen LogP contribution in [0.1, 0.15) is 13.8 Å². The smallest absolute Gasteiger partial charge is 0.232 e. The van der Waals surface area contributed by atoms with Gasteiger partial charge in [-0.15, -0.1) is 0 Å². The third-order valence-electron chi connectivity index (χ3n) is 2.66. The van der Waals surface area contributed by atoms with Crippen molar-refractivity contribution in [1.82, 2.24) is 0 Å². The molecule has 0 aromatic heterocycles. The molecule has 0 radical (unpaired) electrons. The molecule has 5 heteroatoms. The topological polar surface area (TPSA) is 55.4 Å². The molecule has 0 heterocycles. The van der Waals surface area contributed by atoms with E-state index >= 15 is 0 Å². The van der Waals surface area contributed by atoms with E-state index in [2.05, 4.69) is 4.72 Å². The van der Waals surface area contributed by atoms with E-state index in [1.54, 1.807) is 24.3 Å². The van der Waals surface area contributed by atoms with Gasteiger partial charge in [0, 0.05) is 5.69 Å². The highest BCUT2D eigenvalue weighted by Gasteiger charge is 2.12. The number of hydrogen-bond acceptors (Lipinski definition) is 3. The Labute approximate surface area is 125 Å². The molecule has 0 amide bonds. The van der Waals surface area contributed by atoms with Gasteiger partial charge in [-0.3, -0.25) is 4.72 Å². The Balaban J connectivity index is 2.02. The van der Waals surface area contributed by atoms with E-state index in [-0.39, 0.29) is 11.7 Å². The summed E-state index contributed by atoms with van der Waals surface area (Å²) in [5.41, 5.74) is 0.538. The summed E-state index contributed by atoms with van der Waals surface area (Å²) in [6.07, 6.45) is 0. The first-order valence-corrected chi connectivity index (χ1v) is 8.43. The van der Waals surface area contributed by atoms with Gasteiger partial charge in [-0.05, 0) is 42.3 Å². The third-order valence-corrected chi connectivity index (χ3v) is 4.31. The zero-order valence-corrected chi connectivity index (χ0v) is 12.9. The summed E-state index contributed by atoms with van der Waals surface area (Å²) in [6.45, 7) is 3.74. The van der Waals surface area contributed by atoms with Crippen LogP contribution in [0.5, 0.6) is 11.5 Å². The number of sulfonamides is 1. The van der Waals surface area contributed by atoms with Crippen LogP contribution in [0, 0.1) is 5.92 Å². The predicted molar refractivity (Wildman–Crippen MR) is 85.2 cm³/mol. The van der Waals surface area contributed by atoms with Gasteiger partial charge in [0.15, 0.2) is 0 Å². The van der Waals surface area contributed by atoms with Gasteiger partial charge in [-0.2, -0.15) is 0 Å². The summed E-state index contributed by atoms with van der Waals surface area (Å²) >= 11 is 0. The van der Waals surface area contributed by atoms with E-state index in [9.17, 15) is 8.42 Å². The quantitative estimate of drug-likeness (QED) is 0.881. The fraction of sp³-hybridized carbons (Fsp3) is 0.250. The number of rotatable bonds is 6. The lowest BCUT2D eigenvalue weighted by Gasteiger charge is -2.11. The molecule has 0 atom stereocenters. The van der Waals surface area contributed by atoms with Crippen LogP contribution in [0.2, 0.25) is 0 Å². The number of nitrogens with one attached hydrogen (secondary N) is 1. The monoisotopic (exact) mass is 305 g/mol. The second-order valence-corrected chi connectivity index (χ2v) is 6.98. The number of para-hydroxylation sites is 1. The molecular formula is C16H19NO3S. The average molecular weight is 305 g/mol. The van der Waals surface area contributed by atoms with E-state index in [4.69, 9.17) is 4.74 Å². The number of benzene rings is 2. The molecule has 4 nitrogen and oxygen atoms in total. The van der Waals surface area contributed by atoms with Gasteiger partial charge in [-0.1, -0.05) is 32.0 Å². The normalized spacial score (nSPS) is 11.4. The Morgan fingerprint density at radius 3 is 2.10 bits per heavy atom. The van der Waals surface area contributed by atoms with Crippen molar-refractivity contribution in [1.29, 1.82) is 0 Å². The summed E-state index contributed by atoms with van der Waals surface area (Å²) in [4.78, 5) is 0. The Hall–Kier alpha value is -2.01. The highest BCUT2D eigenvalue weighted by molar-refractivity contribution is 7.92. The molecule has 1 N–H and O–H groups in total. The van der Waals surface area contributed by atoms with Crippen LogP contribution in [0.3, 0.4) is 0 Å². The first-order chi connectivity index (χ1) is 9.94. The van der Waals surface area contributed by atoms with Crippen LogP contribution in [-0.4, -0.2) is 14.2 Å². The molecule has 0 saturated heterocycles. The largest absolute Gasteiger partial charge is 0.457 e. The van der Waals surface area contributed by atoms with Crippen LogP contribution >= 0.6 is 0 Å². The second kappa shape index (κ2) is 6.63. The Morgan fingerprint density at radius 1 is 0.952 bits per heavy atom. The van der Waals surface area contributed by atoms with Crippen molar-refractivity contribution >= 4 is 15.7 Å². The van der Waals surface area contributed by atoms with E-state index in [0.29, 0.717) is 11.4 Å². The fourth-order valence-corrected chi connectivity index (χ4v) is 3.33. The number of ether oxygens (including phenoxy) is 1. The lowest BCUT2D eigenvalue weighted by atomic mass is 10.3. The minimum absolute atomic E-state index is 0.0863. The minimum atomic E-state index is -3.30. The van der Waals surface area contributed by atoms with Crippen LogP contribution < -0.4 is 9.46 Å². The van der Waals surface area contributed by atoms with Crippen molar-refractivity contribution in [3.8, 4) is 11.5 Å². The van der Waals surface area contributed by atoms with Gasteiger partial charge in [0.25, 0.3) is 0 Å². The van der Waals surface area contributed by atoms with Crippen LogP contribution in [0.25, 0.3) is 0 Å². The molecule has 0 aliphatic rings. The lowest BCUT2D eigenvalue weighted by molar-refractivity contribution is 0.483. The fourth-order valence-electron chi connectivity index (χ4n) is 1.88. The van der Waals surface area contributed by atoms with Gasteiger partial charge in [-0.25, -0.2) is 8.42 Å². The molecule has 21 heavy (non-hydrogen) atoms. The summed E-state index contributed by atoms with van der Waals surface area (Å²) in [7, 11) is -3.30. The molecule has 2 aromatic rings. The summed E-state index contributed by atoms with van der Waals surface area (Å²) < 4.78 is 31.9. The minimum Gasteiger partial charge on any atom is -0.457 e. The van der Waals surface area contributed by atoms with E-state index in [1.165, 1.54) is 0 Å². The maximum Gasteiger partial charge on any atom is 0.232 e. The van der Waals surface area contributed by atoms with Crippen molar-refractivity contribution < 1.29 is 13.2 Å². The molecule has 0 bridgehead atoms. The van der Waals surface area contributed by atoms with Gasteiger partial charge in [0.2, 0.25) is 10.0 Å². The molecule has 0 aliphatic heterocycles. The summed E-state index contributed by atoms with van der Waals surface area (Å²) in [5.74, 6) is 1.59. The van der Waals surface area contributed by atoms with Gasteiger partial charge in [0.05, 0.1) is 5.75 Å². The standard InChI is InChI=1S/C16H19NO3S/c1-13(2)12-21(18,19)17-14-8-10-16(11-9-14)20-15-6-4-3-5-7-15/h3-11,13,17H,12H2,1-2H3. The van der Waals surface area contributed by atoms with E-state index in [0.717, 1.165) is 5.75 Å². The van der Waals surface area contributed by atoms with Crippen LogP contribution in [0.4, 0.5) is 5.69 Å². The van der Waals surface area contributed by atoms with Crippen molar-refractivity contribution in [2.75, 3.05) is 10.5 Å². The van der Waals surface area contributed by atoms with Crippen molar-refractivity contribution in [3.63, 3.8) is 0 Å². The lowest BCUT2D eigenvalue weighted by Crippen LogP contribution is -2.19. The van der Waals surface area contributed by atoms with E-state index in [1.807, 2.05) is 44.2 Å². The number of hydrogen-bond donors (Lipinski definition) is 1. The molecule has 2 rings (SSSR count). The second-order valence-electron chi connectivity index (χ2n) is 5.22. The van der Waals surface area contributed by atoms with Crippen molar-refractivity contribution in [2.24, 2.45) is 5.92 Å². The zero-order chi connectivity index (χ0) is 15.3.